The van der Waals surface area contributed by atoms with Crippen molar-refractivity contribution in [2.75, 3.05) is 11.4 Å². The largest absolute Gasteiger partial charge is 0.312 e. The van der Waals surface area contributed by atoms with Gasteiger partial charge in [-0.2, -0.15) is 0 Å². The first-order valence-electron chi connectivity index (χ1n) is 5.81. The van der Waals surface area contributed by atoms with E-state index in [0.717, 1.165) is 16.8 Å². The second-order valence-corrected chi connectivity index (χ2v) is 3.75. The van der Waals surface area contributed by atoms with Gasteiger partial charge in [-0.15, -0.1) is 0 Å². The van der Waals surface area contributed by atoms with E-state index in [1.54, 1.807) is 17.9 Å². The number of amides is 1. The Balaban J connectivity index is 3.37. The summed E-state index contributed by atoms with van der Waals surface area (Å²) < 4.78 is 0. The summed E-state index contributed by atoms with van der Waals surface area (Å²) in [5.74, 6) is 0.0493. The van der Waals surface area contributed by atoms with Crippen molar-refractivity contribution < 1.29 is 4.79 Å². The van der Waals surface area contributed by atoms with Crippen molar-refractivity contribution in [1.29, 1.82) is 0 Å². The molecule has 0 atom stereocenters. The molecule has 0 unspecified atom stereocenters. The van der Waals surface area contributed by atoms with Crippen molar-refractivity contribution in [3.05, 3.63) is 42.0 Å². The third-order valence-electron chi connectivity index (χ3n) is 2.65. The molecule has 0 aromatic heterocycles. The Kier molecular flexibility index (Phi) is 4.70. The number of hydrogen-bond donors (Lipinski definition) is 0. The van der Waals surface area contributed by atoms with Gasteiger partial charge in [-0.1, -0.05) is 36.9 Å². The van der Waals surface area contributed by atoms with E-state index < -0.39 is 0 Å². The second kappa shape index (κ2) is 6.04. The molecule has 17 heavy (non-hydrogen) atoms. The zero-order chi connectivity index (χ0) is 12.8. The lowest BCUT2D eigenvalue weighted by atomic mass is 10.0. The van der Waals surface area contributed by atoms with Gasteiger partial charge in [0.05, 0.1) is 5.69 Å². The van der Waals surface area contributed by atoms with Crippen molar-refractivity contribution in [3.8, 4) is 0 Å². The van der Waals surface area contributed by atoms with Gasteiger partial charge in [0.1, 0.15) is 0 Å². The van der Waals surface area contributed by atoms with E-state index in [1.807, 2.05) is 44.2 Å². The van der Waals surface area contributed by atoms with Crippen LogP contribution in [-0.4, -0.2) is 12.5 Å². The molecule has 0 aliphatic heterocycles. The summed E-state index contributed by atoms with van der Waals surface area (Å²) in [7, 11) is 0. The number of carbonyl (C=O) groups is 1. The summed E-state index contributed by atoms with van der Waals surface area (Å²) in [4.78, 5) is 13.3. The number of benzene rings is 1. The summed E-state index contributed by atoms with van der Waals surface area (Å²) in [6, 6.07) is 5.94. The van der Waals surface area contributed by atoms with E-state index in [2.05, 4.69) is 6.58 Å². The summed E-state index contributed by atoms with van der Waals surface area (Å²) >= 11 is 0. The van der Waals surface area contributed by atoms with E-state index in [-0.39, 0.29) is 5.91 Å². The lowest BCUT2D eigenvalue weighted by Crippen LogP contribution is -2.28. The molecule has 0 saturated heterocycles. The number of hydrogen-bond acceptors (Lipinski definition) is 1. The predicted octanol–water partition coefficient (Wildman–Crippen LogP) is 3.74. The lowest BCUT2D eigenvalue weighted by molar-refractivity contribution is -0.116. The Morgan fingerprint density at radius 1 is 1.47 bits per heavy atom. The highest BCUT2D eigenvalue weighted by Gasteiger charge is 2.13. The molecule has 0 aliphatic carbocycles. The van der Waals surface area contributed by atoms with Crippen LogP contribution in [0.15, 0.2) is 30.9 Å². The van der Waals surface area contributed by atoms with Crippen LogP contribution in [0, 0.1) is 0 Å². The molecule has 1 aromatic rings. The molecule has 2 heteroatoms. The van der Waals surface area contributed by atoms with Gasteiger partial charge >= 0.3 is 0 Å². The standard InChI is InChI=1S/C15H19NO/c1-5-9-13-10-8-11-15(14(13)6-2)16(7-3)12(4)17/h5-6,8-11H,2,7H2,1,3-4H3/b9-5-. The summed E-state index contributed by atoms with van der Waals surface area (Å²) in [5.41, 5.74) is 3.01. The number of nitrogens with zero attached hydrogens (tertiary/aromatic N) is 1. The van der Waals surface area contributed by atoms with Gasteiger partial charge in [-0.05, 0) is 25.5 Å². The SMILES string of the molecule is C=Cc1c(/C=C\C)cccc1N(CC)C(C)=O. The molecule has 1 aromatic carbocycles. The topological polar surface area (TPSA) is 20.3 Å². The first-order valence-corrected chi connectivity index (χ1v) is 5.81. The summed E-state index contributed by atoms with van der Waals surface area (Å²) in [5, 5.41) is 0. The van der Waals surface area contributed by atoms with Crippen LogP contribution in [0.4, 0.5) is 5.69 Å². The average molecular weight is 229 g/mol. The van der Waals surface area contributed by atoms with E-state index in [0.29, 0.717) is 6.54 Å². The fourth-order valence-corrected chi connectivity index (χ4v) is 1.92. The lowest BCUT2D eigenvalue weighted by Gasteiger charge is -2.22. The minimum atomic E-state index is 0.0493. The number of allylic oxidation sites excluding steroid dienone is 1. The maximum absolute atomic E-state index is 11.6. The molecule has 0 radical (unpaired) electrons. The molecular weight excluding hydrogens is 210 g/mol. The monoisotopic (exact) mass is 229 g/mol. The average Bonchev–Trinajstić information content (AvgIpc) is 2.30. The first-order chi connectivity index (χ1) is 8.15. The quantitative estimate of drug-likeness (QED) is 0.770. The smallest absolute Gasteiger partial charge is 0.223 e. The van der Waals surface area contributed by atoms with Crippen molar-refractivity contribution in [1.82, 2.24) is 0 Å². The molecular formula is C15H19NO. The van der Waals surface area contributed by atoms with E-state index >= 15 is 0 Å². The van der Waals surface area contributed by atoms with Crippen LogP contribution in [0.2, 0.25) is 0 Å². The molecule has 0 aliphatic rings. The Hall–Kier alpha value is -1.83. The maximum atomic E-state index is 11.6. The molecule has 0 heterocycles. The molecule has 1 amide bonds. The number of anilines is 1. The molecule has 0 spiro atoms. The predicted molar refractivity (Wildman–Crippen MR) is 74.9 cm³/mol. The van der Waals surface area contributed by atoms with Crippen LogP contribution in [0.25, 0.3) is 12.2 Å². The first kappa shape index (κ1) is 13.2. The maximum Gasteiger partial charge on any atom is 0.223 e. The van der Waals surface area contributed by atoms with Crippen molar-refractivity contribution >= 4 is 23.7 Å². The normalized spacial score (nSPS) is 10.5. The van der Waals surface area contributed by atoms with Gasteiger partial charge in [0.2, 0.25) is 5.91 Å². The minimum absolute atomic E-state index is 0.0493. The van der Waals surface area contributed by atoms with Crippen molar-refractivity contribution in [2.24, 2.45) is 0 Å². The Bertz CT molecular complexity index is 446. The van der Waals surface area contributed by atoms with Gasteiger partial charge in [0, 0.05) is 19.0 Å². The zero-order valence-corrected chi connectivity index (χ0v) is 10.7. The fourth-order valence-electron chi connectivity index (χ4n) is 1.92. The summed E-state index contributed by atoms with van der Waals surface area (Å²) in [6.07, 6.45) is 5.81. The van der Waals surface area contributed by atoms with Gasteiger partial charge in [0.25, 0.3) is 0 Å². The van der Waals surface area contributed by atoms with Gasteiger partial charge in [-0.3, -0.25) is 4.79 Å². The molecule has 1 rings (SSSR count). The third-order valence-corrected chi connectivity index (χ3v) is 2.65. The Morgan fingerprint density at radius 3 is 2.65 bits per heavy atom. The summed E-state index contributed by atoms with van der Waals surface area (Å²) in [6.45, 7) is 10.0. The van der Waals surface area contributed by atoms with Crippen molar-refractivity contribution in [2.45, 2.75) is 20.8 Å². The number of rotatable bonds is 4. The van der Waals surface area contributed by atoms with Crippen LogP contribution in [0.5, 0.6) is 0 Å². The third kappa shape index (κ3) is 2.84. The van der Waals surface area contributed by atoms with Gasteiger partial charge < -0.3 is 4.90 Å². The minimum Gasteiger partial charge on any atom is -0.312 e. The van der Waals surface area contributed by atoms with E-state index in [1.165, 1.54) is 0 Å². The van der Waals surface area contributed by atoms with Crippen LogP contribution >= 0.6 is 0 Å². The van der Waals surface area contributed by atoms with Crippen LogP contribution in [0.3, 0.4) is 0 Å². The molecule has 0 bridgehead atoms. The van der Waals surface area contributed by atoms with E-state index in [9.17, 15) is 4.79 Å². The molecule has 0 N–H and O–H groups in total. The van der Waals surface area contributed by atoms with Crippen LogP contribution in [0.1, 0.15) is 31.9 Å². The number of carbonyl (C=O) groups excluding carboxylic acids is 1. The fraction of sp³-hybridized carbons (Fsp3) is 0.267. The van der Waals surface area contributed by atoms with Crippen LogP contribution < -0.4 is 4.90 Å². The zero-order valence-electron chi connectivity index (χ0n) is 10.7. The Morgan fingerprint density at radius 2 is 2.18 bits per heavy atom. The van der Waals surface area contributed by atoms with Crippen molar-refractivity contribution in [3.63, 3.8) is 0 Å². The second-order valence-electron chi connectivity index (χ2n) is 3.75. The van der Waals surface area contributed by atoms with Crippen LogP contribution in [-0.2, 0) is 4.79 Å². The molecule has 2 nitrogen and oxygen atoms in total. The highest BCUT2D eigenvalue weighted by Crippen LogP contribution is 2.26. The van der Waals surface area contributed by atoms with E-state index in [4.69, 9.17) is 0 Å². The molecule has 0 saturated carbocycles. The van der Waals surface area contributed by atoms with Gasteiger partial charge in [0.15, 0.2) is 0 Å². The highest BCUT2D eigenvalue weighted by molar-refractivity contribution is 5.94. The highest BCUT2D eigenvalue weighted by atomic mass is 16.2. The van der Waals surface area contributed by atoms with Gasteiger partial charge in [-0.25, -0.2) is 0 Å². The molecule has 0 fully saturated rings. The molecule has 90 valence electrons. The Labute approximate surface area is 103 Å².